The van der Waals surface area contributed by atoms with Crippen LogP contribution in [-0.2, 0) is 21.6 Å². The summed E-state index contributed by atoms with van der Waals surface area (Å²) in [6.07, 6.45) is 3.41. The van der Waals surface area contributed by atoms with Gasteiger partial charge in [0.25, 0.3) is 11.8 Å². The summed E-state index contributed by atoms with van der Waals surface area (Å²) in [4.78, 5) is 55.7. The molecule has 0 spiro atoms. The number of pyridine rings is 1. The molecule has 4 aromatic rings. The van der Waals surface area contributed by atoms with Gasteiger partial charge >= 0.3 is 0 Å². The Morgan fingerprint density at radius 3 is 2.23 bits per heavy atom. The molecule has 2 saturated carbocycles. The standard InChI is InChI=1S/C42H42N4O7/c1-42(2,25-8-13-30(14-9-25)52-23-28-4-3-5-35(44-28)38(48)24-6-7-24)26-10-15-31(16-11-26)53-32-20-29(21-32)43-27-12-17-33-34(22-27)41(51)46(40(33)50)36-18-19-37(47)45-39(36)49/h3-5,8-17,22,24,29,32,36,38,43,48H,6-7,18-21,23H2,1-2H3,(H,45,47,49). The number of carbonyl (C=O) groups is 4. The van der Waals surface area contributed by atoms with E-state index in [1.165, 1.54) is 0 Å². The summed E-state index contributed by atoms with van der Waals surface area (Å²) < 4.78 is 12.3. The maximum Gasteiger partial charge on any atom is 0.262 e. The van der Waals surface area contributed by atoms with Gasteiger partial charge in [0.2, 0.25) is 11.8 Å². The SMILES string of the molecule is CC(C)(c1ccc(OCc2cccc(C(O)C3CC3)n2)cc1)c1ccc(OC2CC(Nc3ccc4c(c3)C(=O)N(C3CCC(=O)NC3=O)C4=O)C2)cc1. The van der Waals surface area contributed by atoms with Crippen LogP contribution in [0.3, 0.4) is 0 Å². The van der Waals surface area contributed by atoms with Crippen LogP contribution in [0.4, 0.5) is 5.69 Å². The summed E-state index contributed by atoms with van der Waals surface area (Å²) >= 11 is 0. The molecule has 11 nitrogen and oxygen atoms in total. The number of piperidine rings is 1. The molecule has 8 rings (SSSR count). The normalized spacial score (nSPS) is 21.8. The number of fused-ring (bicyclic) bond motifs is 1. The van der Waals surface area contributed by atoms with Crippen molar-refractivity contribution in [2.24, 2.45) is 5.92 Å². The molecule has 3 N–H and O–H groups in total. The van der Waals surface area contributed by atoms with E-state index in [1.54, 1.807) is 18.2 Å². The van der Waals surface area contributed by atoms with Crippen LogP contribution in [0.5, 0.6) is 11.5 Å². The zero-order chi connectivity index (χ0) is 36.9. The van der Waals surface area contributed by atoms with Gasteiger partial charge in [-0.05, 0) is 90.9 Å². The van der Waals surface area contributed by atoms with E-state index in [0.717, 1.165) is 64.6 Å². The highest BCUT2D eigenvalue weighted by Gasteiger charge is 2.45. The number of rotatable bonds is 12. The molecule has 4 aliphatic rings. The Labute approximate surface area is 307 Å². The van der Waals surface area contributed by atoms with Crippen LogP contribution in [0, 0.1) is 5.92 Å². The molecule has 272 valence electrons. The van der Waals surface area contributed by atoms with Crippen molar-refractivity contribution >= 4 is 29.3 Å². The summed E-state index contributed by atoms with van der Waals surface area (Å²) in [5.41, 5.74) is 4.79. The maximum atomic E-state index is 13.2. The predicted molar refractivity (Wildman–Crippen MR) is 195 cm³/mol. The number of aliphatic hydroxyl groups excluding tert-OH is 1. The third kappa shape index (κ3) is 7.01. The zero-order valence-corrected chi connectivity index (χ0v) is 29.7. The summed E-state index contributed by atoms with van der Waals surface area (Å²) in [7, 11) is 0. The molecule has 2 unspecified atom stereocenters. The van der Waals surface area contributed by atoms with E-state index in [2.05, 4.69) is 53.7 Å². The van der Waals surface area contributed by atoms with Crippen molar-refractivity contribution in [2.45, 2.75) is 88.7 Å². The van der Waals surface area contributed by atoms with Gasteiger partial charge in [0.05, 0.1) is 28.6 Å². The first-order chi connectivity index (χ1) is 25.5. The second-order valence-electron chi connectivity index (χ2n) is 15.1. The van der Waals surface area contributed by atoms with Crippen molar-refractivity contribution in [3.8, 4) is 11.5 Å². The predicted octanol–water partition coefficient (Wildman–Crippen LogP) is 5.85. The van der Waals surface area contributed by atoms with Crippen LogP contribution < -0.4 is 20.1 Å². The van der Waals surface area contributed by atoms with E-state index < -0.39 is 35.8 Å². The van der Waals surface area contributed by atoms with E-state index >= 15 is 0 Å². The molecule has 3 aromatic carbocycles. The number of aromatic nitrogens is 1. The maximum absolute atomic E-state index is 13.2. The van der Waals surface area contributed by atoms with Gasteiger partial charge in [-0.15, -0.1) is 0 Å². The number of ether oxygens (including phenoxy) is 2. The van der Waals surface area contributed by atoms with Crippen LogP contribution >= 0.6 is 0 Å². The van der Waals surface area contributed by atoms with Crippen LogP contribution in [-0.4, -0.2) is 56.8 Å². The van der Waals surface area contributed by atoms with Gasteiger partial charge in [-0.3, -0.25) is 34.4 Å². The second-order valence-corrected chi connectivity index (χ2v) is 15.1. The second kappa shape index (κ2) is 13.8. The van der Waals surface area contributed by atoms with E-state index in [1.807, 2.05) is 42.5 Å². The Kier molecular flexibility index (Phi) is 8.98. The zero-order valence-electron chi connectivity index (χ0n) is 29.7. The van der Waals surface area contributed by atoms with Gasteiger partial charge in [-0.25, -0.2) is 0 Å². The Balaban J connectivity index is 0.818. The molecule has 3 fully saturated rings. The average Bonchev–Trinajstić information content (AvgIpc) is 3.97. The fourth-order valence-electron chi connectivity index (χ4n) is 7.41. The first-order valence-corrected chi connectivity index (χ1v) is 18.3. The van der Waals surface area contributed by atoms with Crippen molar-refractivity contribution in [1.82, 2.24) is 15.2 Å². The largest absolute Gasteiger partial charge is 0.490 e. The number of carbonyl (C=O) groups excluding carboxylic acids is 4. The molecule has 3 heterocycles. The van der Waals surface area contributed by atoms with E-state index in [-0.39, 0.29) is 41.5 Å². The van der Waals surface area contributed by atoms with E-state index in [9.17, 15) is 24.3 Å². The Morgan fingerprint density at radius 1 is 0.868 bits per heavy atom. The Morgan fingerprint density at radius 2 is 1.55 bits per heavy atom. The monoisotopic (exact) mass is 714 g/mol. The average molecular weight is 715 g/mol. The third-order valence-corrected chi connectivity index (χ3v) is 10.9. The highest BCUT2D eigenvalue weighted by atomic mass is 16.5. The molecule has 2 aliphatic carbocycles. The third-order valence-electron chi connectivity index (χ3n) is 10.9. The number of anilines is 1. The van der Waals surface area contributed by atoms with Crippen molar-refractivity contribution in [2.75, 3.05) is 5.32 Å². The van der Waals surface area contributed by atoms with Crippen LogP contribution in [0.15, 0.2) is 84.9 Å². The fourth-order valence-corrected chi connectivity index (χ4v) is 7.41. The lowest BCUT2D eigenvalue weighted by Gasteiger charge is -2.36. The molecular formula is C42H42N4O7. The molecule has 4 amide bonds. The van der Waals surface area contributed by atoms with Crippen molar-refractivity contribution in [3.63, 3.8) is 0 Å². The van der Waals surface area contributed by atoms with Gasteiger partial charge in [0.15, 0.2) is 0 Å². The molecule has 0 radical (unpaired) electrons. The van der Waals surface area contributed by atoms with E-state index in [4.69, 9.17) is 9.47 Å². The molecule has 2 atom stereocenters. The quantitative estimate of drug-likeness (QED) is 0.154. The Hall–Kier alpha value is -5.55. The fraction of sp³-hybridized carbons (Fsp3) is 0.357. The minimum atomic E-state index is -0.987. The van der Waals surface area contributed by atoms with Gasteiger partial charge in [0, 0.05) is 36.4 Å². The lowest BCUT2D eigenvalue weighted by molar-refractivity contribution is -0.136. The number of benzene rings is 3. The van der Waals surface area contributed by atoms with Crippen LogP contribution in [0.2, 0.25) is 0 Å². The molecule has 11 heteroatoms. The van der Waals surface area contributed by atoms with Crippen LogP contribution in [0.25, 0.3) is 0 Å². The molecular weight excluding hydrogens is 672 g/mol. The number of hydrogen-bond donors (Lipinski definition) is 3. The number of aliphatic hydroxyl groups is 1. The first kappa shape index (κ1) is 34.5. The van der Waals surface area contributed by atoms with E-state index in [0.29, 0.717) is 18.2 Å². The minimum absolute atomic E-state index is 0.0421. The van der Waals surface area contributed by atoms with Crippen molar-refractivity contribution in [3.05, 3.63) is 119 Å². The minimum Gasteiger partial charge on any atom is -0.490 e. The summed E-state index contributed by atoms with van der Waals surface area (Å²) in [5.74, 6) is -0.173. The molecule has 1 aromatic heterocycles. The number of nitrogens with one attached hydrogen (secondary N) is 2. The summed E-state index contributed by atoms with van der Waals surface area (Å²) in [6.45, 7) is 4.71. The number of hydrogen-bond acceptors (Lipinski definition) is 9. The molecule has 1 saturated heterocycles. The highest BCUT2D eigenvalue weighted by molar-refractivity contribution is 6.23. The Bertz CT molecular complexity index is 2070. The van der Waals surface area contributed by atoms with Gasteiger partial charge in [-0.1, -0.05) is 44.2 Å². The molecule has 53 heavy (non-hydrogen) atoms. The lowest BCUT2D eigenvalue weighted by atomic mass is 9.78. The number of imide groups is 2. The lowest BCUT2D eigenvalue weighted by Crippen LogP contribution is -2.54. The van der Waals surface area contributed by atoms with Gasteiger partial charge in [0.1, 0.15) is 30.3 Å². The topological polar surface area (TPSA) is 147 Å². The van der Waals surface area contributed by atoms with Gasteiger partial charge < -0.3 is 19.9 Å². The number of amides is 4. The van der Waals surface area contributed by atoms with Crippen molar-refractivity contribution in [1.29, 1.82) is 0 Å². The summed E-state index contributed by atoms with van der Waals surface area (Å²) in [5, 5.41) is 16.1. The first-order valence-electron chi connectivity index (χ1n) is 18.3. The number of nitrogens with zero attached hydrogens (tertiary/aromatic N) is 2. The summed E-state index contributed by atoms with van der Waals surface area (Å²) in [6, 6.07) is 26.3. The highest BCUT2D eigenvalue weighted by Crippen LogP contribution is 2.40. The molecule has 0 bridgehead atoms. The molecule has 2 aliphatic heterocycles. The van der Waals surface area contributed by atoms with Gasteiger partial charge in [-0.2, -0.15) is 0 Å². The van der Waals surface area contributed by atoms with Crippen LogP contribution in [0.1, 0.15) is 102 Å². The van der Waals surface area contributed by atoms with Crippen molar-refractivity contribution < 1.29 is 33.8 Å². The smallest absolute Gasteiger partial charge is 0.262 e.